The molecule has 0 atom stereocenters. The zero-order valence-corrected chi connectivity index (χ0v) is 12.6. The number of nitrogens with zero attached hydrogens (tertiary/aromatic N) is 5. The Balaban J connectivity index is 2.04. The standard InChI is InChI=1S/C13H25N7O/c1-19(7-3-2-6-10-21)12-15-11(18-14)16-13(17-12)20-8-4-5-9-20/h21H,2-10,14H2,1H3,(H,15,16,17,18). The molecule has 4 N–H and O–H groups in total. The number of nitrogen functional groups attached to an aromatic ring is 1. The minimum Gasteiger partial charge on any atom is -0.396 e. The zero-order chi connectivity index (χ0) is 15.1. The zero-order valence-electron chi connectivity index (χ0n) is 12.6. The molecule has 1 aliphatic heterocycles. The molecule has 0 spiro atoms. The Morgan fingerprint density at radius 1 is 1.19 bits per heavy atom. The van der Waals surface area contributed by atoms with Crippen molar-refractivity contribution in [2.45, 2.75) is 32.1 Å². The van der Waals surface area contributed by atoms with Crippen molar-refractivity contribution in [2.24, 2.45) is 5.84 Å². The van der Waals surface area contributed by atoms with Crippen LogP contribution in [0.5, 0.6) is 0 Å². The molecular formula is C13H25N7O. The van der Waals surface area contributed by atoms with Gasteiger partial charge in [0, 0.05) is 33.3 Å². The summed E-state index contributed by atoms with van der Waals surface area (Å²) in [6.45, 7) is 3.05. The molecule has 0 aromatic carbocycles. The number of aromatic nitrogens is 3. The Hall–Kier alpha value is -1.67. The Labute approximate surface area is 125 Å². The maximum absolute atomic E-state index is 8.80. The summed E-state index contributed by atoms with van der Waals surface area (Å²) in [4.78, 5) is 17.4. The molecule has 0 unspecified atom stereocenters. The van der Waals surface area contributed by atoms with Crippen LogP contribution in [0.4, 0.5) is 17.8 Å². The number of aliphatic hydroxyl groups excluding tert-OH is 1. The number of anilines is 3. The highest BCUT2D eigenvalue weighted by Gasteiger charge is 2.18. The van der Waals surface area contributed by atoms with Gasteiger partial charge < -0.3 is 14.9 Å². The first-order valence-electron chi connectivity index (χ1n) is 7.54. The van der Waals surface area contributed by atoms with Crippen molar-refractivity contribution in [1.29, 1.82) is 0 Å². The summed E-state index contributed by atoms with van der Waals surface area (Å²) >= 11 is 0. The first kappa shape index (κ1) is 15.7. The molecular weight excluding hydrogens is 270 g/mol. The van der Waals surface area contributed by atoms with E-state index in [-0.39, 0.29) is 6.61 Å². The van der Waals surface area contributed by atoms with E-state index in [1.807, 2.05) is 11.9 Å². The van der Waals surface area contributed by atoms with E-state index in [2.05, 4.69) is 25.3 Å². The molecule has 118 valence electrons. The topological polar surface area (TPSA) is 103 Å². The van der Waals surface area contributed by atoms with Crippen LogP contribution in [0.3, 0.4) is 0 Å². The van der Waals surface area contributed by atoms with Crippen LogP contribution in [-0.4, -0.2) is 53.3 Å². The lowest BCUT2D eigenvalue weighted by Crippen LogP contribution is -2.27. The Morgan fingerprint density at radius 2 is 1.95 bits per heavy atom. The van der Waals surface area contributed by atoms with Gasteiger partial charge in [-0.25, -0.2) is 5.84 Å². The van der Waals surface area contributed by atoms with E-state index >= 15 is 0 Å². The average molecular weight is 295 g/mol. The van der Waals surface area contributed by atoms with Crippen molar-refractivity contribution in [1.82, 2.24) is 15.0 Å². The van der Waals surface area contributed by atoms with E-state index < -0.39 is 0 Å². The van der Waals surface area contributed by atoms with Gasteiger partial charge >= 0.3 is 0 Å². The molecule has 1 fully saturated rings. The predicted octanol–water partition coefficient (Wildman–Crippen LogP) is 0.356. The highest BCUT2D eigenvalue weighted by Crippen LogP contribution is 2.19. The second-order valence-electron chi connectivity index (χ2n) is 5.30. The summed E-state index contributed by atoms with van der Waals surface area (Å²) in [7, 11) is 1.96. The van der Waals surface area contributed by atoms with Gasteiger partial charge in [-0.15, -0.1) is 0 Å². The molecule has 8 nitrogen and oxygen atoms in total. The Morgan fingerprint density at radius 3 is 2.62 bits per heavy atom. The second kappa shape index (κ2) is 7.94. The van der Waals surface area contributed by atoms with Crippen molar-refractivity contribution < 1.29 is 5.11 Å². The van der Waals surface area contributed by atoms with Gasteiger partial charge in [-0.3, -0.25) is 5.43 Å². The number of hydrogen-bond acceptors (Lipinski definition) is 8. The summed E-state index contributed by atoms with van der Waals surface area (Å²) in [5.74, 6) is 7.17. The molecule has 0 amide bonds. The Bertz CT molecular complexity index is 437. The fourth-order valence-corrected chi connectivity index (χ4v) is 2.39. The molecule has 8 heteroatoms. The van der Waals surface area contributed by atoms with Gasteiger partial charge in [0.1, 0.15) is 0 Å². The highest BCUT2D eigenvalue weighted by molar-refractivity contribution is 5.44. The number of rotatable bonds is 8. The number of nitrogens with two attached hydrogens (primary N) is 1. The normalized spacial score (nSPS) is 14.5. The van der Waals surface area contributed by atoms with E-state index in [0.29, 0.717) is 17.8 Å². The Kier molecular flexibility index (Phi) is 5.94. The lowest BCUT2D eigenvalue weighted by atomic mass is 10.2. The van der Waals surface area contributed by atoms with Crippen molar-refractivity contribution in [3.63, 3.8) is 0 Å². The third-order valence-electron chi connectivity index (χ3n) is 3.62. The number of unbranched alkanes of at least 4 members (excludes halogenated alkanes) is 2. The largest absolute Gasteiger partial charge is 0.396 e. The molecule has 1 saturated heterocycles. The molecule has 0 saturated carbocycles. The van der Waals surface area contributed by atoms with Crippen molar-refractivity contribution in [3.05, 3.63) is 0 Å². The van der Waals surface area contributed by atoms with Crippen LogP contribution in [0.15, 0.2) is 0 Å². The van der Waals surface area contributed by atoms with E-state index in [1.54, 1.807) is 0 Å². The maximum atomic E-state index is 8.80. The summed E-state index contributed by atoms with van der Waals surface area (Å²) in [6, 6.07) is 0. The summed E-state index contributed by atoms with van der Waals surface area (Å²) in [5.41, 5.74) is 2.51. The molecule has 1 aromatic heterocycles. The van der Waals surface area contributed by atoms with E-state index in [1.165, 1.54) is 12.8 Å². The molecule has 0 aliphatic carbocycles. The average Bonchev–Trinajstić information content (AvgIpc) is 3.05. The van der Waals surface area contributed by atoms with Crippen molar-refractivity contribution in [2.75, 3.05) is 48.5 Å². The summed E-state index contributed by atoms with van der Waals surface area (Å²) in [5, 5.41) is 8.80. The van der Waals surface area contributed by atoms with Crippen LogP contribution in [0, 0.1) is 0 Å². The number of hydrazine groups is 1. The quantitative estimate of drug-likeness (QED) is 0.359. The van der Waals surface area contributed by atoms with Crippen molar-refractivity contribution in [3.8, 4) is 0 Å². The minimum atomic E-state index is 0.246. The first-order valence-corrected chi connectivity index (χ1v) is 7.54. The lowest BCUT2D eigenvalue weighted by Gasteiger charge is -2.21. The van der Waals surface area contributed by atoms with Gasteiger partial charge in [0.15, 0.2) is 0 Å². The van der Waals surface area contributed by atoms with Gasteiger partial charge in [-0.2, -0.15) is 15.0 Å². The fraction of sp³-hybridized carbons (Fsp3) is 0.769. The monoisotopic (exact) mass is 295 g/mol. The molecule has 1 aliphatic rings. The van der Waals surface area contributed by atoms with Gasteiger partial charge in [-0.1, -0.05) is 0 Å². The van der Waals surface area contributed by atoms with Gasteiger partial charge in [0.05, 0.1) is 0 Å². The lowest BCUT2D eigenvalue weighted by molar-refractivity contribution is 0.283. The highest BCUT2D eigenvalue weighted by atomic mass is 16.2. The van der Waals surface area contributed by atoms with Crippen LogP contribution >= 0.6 is 0 Å². The first-order chi connectivity index (χ1) is 10.2. The number of nitrogens with one attached hydrogen (secondary N) is 1. The fourth-order valence-electron chi connectivity index (χ4n) is 2.39. The maximum Gasteiger partial charge on any atom is 0.243 e. The predicted molar refractivity (Wildman–Crippen MR) is 83.3 cm³/mol. The summed E-state index contributed by atoms with van der Waals surface area (Å²) < 4.78 is 0. The van der Waals surface area contributed by atoms with E-state index in [9.17, 15) is 0 Å². The molecule has 1 aromatic rings. The molecule has 2 heterocycles. The van der Waals surface area contributed by atoms with Crippen molar-refractivity contribution >= 4 is 17.8 Å². The SMILES string of the molecule is CN(CCCCCO)c1nc(NN)nc(N2CCCC2)n1. The van der Waals surface area contributed by atoms with E-state index in [4.69, 9.17) is 10.9 Å². The smallest absolute Gasteiger partial charge is 0.243 e. The number of aliphatic hydroxyl groups is 1. The van der Waals surface area contributed by atoms with Gasteiger partial charge in [0.25, 0.3) is 0 Å². The van der Waals surface area contributed by atoms with Crippen LogP contribution in [0.1, 0.15) is 32.1 Å². The second-order valence-corrected chi connectivity index (χ2v) is 5.30. The van der Waals surface area contributed by atoms with Crippen LogP contribution < -0.4 is 21.1 Å². The molecule has 0 bridgehead atoms. The van der Waals surface area contributed by atoms with Crippen LogP contribution in [-0.2, 0) is 0 Å². The third kappa shape index (κ3) is 4.40. The summed E-state index contributed by atoms with van der Waals surface area (Å²) in [6.07, 6.45) is 5.16. The van der Waals surface area contributed by atoms with Gasteiger partial charge in [-0.05, 0) is 32.1 Å². The van der Waals surface area contributed by atoms with E-state index in [0.717, 1.165) is 38.9 Å². The van der Waals surface area contributed by atoms with Crippen LogP contribution in [0.2, 0.25) is 0 Å². The molecule has 21 heavy (non-hydrogen) atoms. The van der Waals surface area contributed by atoms with Crippen LogP contribution in [0.25, 0.3) is 0 Å². The minimum absolute atomic E-state index is 0.246. The third-order valence-corrected chi connectivity index (χ3v) is 3.62. The number of hydrogen-bond donors (Lipinski definition) is 3. The van der Waals surface area contributed by atoms with Gasteiger partial charge in [0.2, 0.25) is 17.8 Å². The molecule has 2 rings (SSSR count). The molecule has 0 radical (unpaired) electrons.